The molecule has 1 fully saturated rings. The minimum absolute atomic E-state index is 0. The third-order valence-electron chi connectivity index (χ3n) is 4.86. The van der Waals surface area contributed by atoms with Gasteiger partial charge in [-0.25, -0.2) is 18.0 Å². The molecule has 2 aliphatic rings. The molecule has 2 atom stereocenters. The predicted octanol–water partition coefficient (Wildman–Crippen LogP) is -2.03. The topological polar surface area (TPSA) is 121 Å². The van der Waals surface area contributed by atoms with E-state index in [0.717, 1.165) is 10.9 Å². The summed E-state index contributed by atoms with van der Waals surface area (Å²) in [6.45, 7) is 1.77. The number of urea groups is 1. The van der Waals surface area contributed by atoms with Gasteiger partial charge in [0.15, 0.2) is 6.04 Å². The number of hydrogen-bond donors (Lipinski definition) is 0. The number of esters is 1. The van der Waals surface area contributed by atoms with Crippen molar-refractivity contribution < 1.29 is 61.1 Å². The zero-order valence-corrected chi connectivity index (χ0v) is 18.3. The van der Waals surface area contributed by atoms with Crippen molar-refractivity contribution in [1.29, 1.82) is 0 Å². The second-order valence-electron chi connectivity index (χ2n) is 6.29. The Morgan fingerprint density at radius 2 is 2.00 bits per heavy atom. The zero-order chi connectivity index (χ0) is 19.5. The van der Waals surface area contributed by atoms with Crippen LogP contribution in [0.15, 0.2) is 24.3 Å². The molecule has 28 heavy (non-hydrogen) atoms. The number of carbonyl (C=O) groups is 2. The monoisotopic (exact) mass is 417 g/mol. The van der Waals surface area contributed by atoms with E-state index in [1.165, 1.54) is 4.90 Å². The van der Waals surface area contributed by atoms with E-state index in [-0.39, 0.29) is 42.7 Å². The Kier molecular flexibility index (Phi) is 5.51. The number of amides is 2. The number of nitrogens with zero attached hydrogens (tertiary/aromatic N) is 3. The normalized spacial score (nSPS) is 20.9. The number of para-hydroxylation sites is 1. The summed E-state index contributed by atoms with van der Waals surface area (Å²) in [5.74, 6) is -0.631. The average Bonchev–Trinajstić information content (AvgIpc) is 3.03. The number of benzene rings is 1. The van der Waals surface area contributed by atoms with Gasteiger partial charge in [-0.3, -0.25) is 0 Å². The van der Waals surface area contributed by atoms with Crippen molar-refractivity contribution in [3.63, 3.8) is 0 Å². The summed E-state index contributed by atoms with van der Waals surface area (Å²) in [6, 6.07) is 4.50. The van der Waals surface area contributed by atoms with E-state index < -0.39 is 34.5 Å². The van der Waals surface area contributed by atoms with Crippen LogP contribution in [-0.4, -0.2) is 52.7 Å². The molecule has 2 aromatic rings. The molecule has 1 aromatic heterocycles. The average molecular weight is 417 g/mol. The molecule has 2 bridgehead atoms. The number of ether oxygens (including phenoxy) is 1. The number of rotatable bonds is 4. The van der Waals surface area contributed by atoms with E-state index in [1.54, 1.807) is 24.6 Å². The molecule has 0 saturated carbocycles. The minimum Gasteiger partial charge on any atom is -0.724 e. The van der Waals surface area contributed by atoms with Crippen LogP contribution in [0.4, 0.5) is 4.79 Å². The van der Waals surface area contributed by atoms with Crippen LogP contribution in [0, 0.1) is 0 Å². The Labute approximate surface area is 183 Å². The number of carbonyl (C=O) groups excluding carboxylic acids is 2. The smallest absolute Gasteiger partial charge is 0.724 e. The second-order valence-corrected chi connectivity index (χ2v) is 7.25. The van der Waals surface area contributed by atoms with Crippen molar-refractivity contribution in [2.45, 2.75) is 19.0 Å². The van der Waals surface area contributed by atoms with Crippen LogP contribution in [0.2, 0.25) is 0 Å². The van der Waals surface area contributed by atoms with Crippen molar-refractivity contribution in [3.05, 3.63) is 35.5 Å². The first-order valence-corrected chi connectivity index (χ1v) is 9.57. The van der Waals surface area contributed by atoms with Gasteiger partial charge in [-0.05, 0) is 13.0 Å². The summed E-state index contributed by atoms with van der Waals surface area (Å²) < 4.78 is 44.7. The molecule has 0 N–H and O–H groups in total. The van der Waals surface area contributed by atoms with E-state index in [0.29, 0.717) is 16.3 Å². The van der Waals surface area contributed by atoms with E-state index >= 15 is 0 Å². The maximum Gasteiger partial charge on any atom is 1.00 e. The Morgan fingerprint density at radius 3 is 2.64 bits per heavy atom. The molecule has 0 spiro atoms. The summed E-state index contributed by atoms with van der Waals surface area (Å²) >= 11 is 0. The zero-order valence-electron chi connectivity index (χ0n) is 15.5. The largest absolute Gasteiger partial charge is 1.00 e. The molecule has 12 heteroatoms. The SMILES string of the molecule is CCOC(=O)[C@H]1c2c(n(C)c3ccccc23)[C@@H]2CN1C(=O)N2OS(=O)(=O)[O-].[Na+]. The summed E-state index contributed by atoms with van der Waals surface area (Å²) in [5.41, 5.74) is 1.87. The van der Waals surface area contributed by atoms with Gasteiger partial charge >= 0.3 is 41.6 Å². The molecule has 10 nitrogen and oxygen atoms in total. The van der Waals surface area contributed by atoms with Crippen LogP contribution in [0.25, 0.3) is 10.9 Å². The Balaban J connectivity index is 0.00000225. The molecule has 1 aromatic carbocycles. The molecule has 144 valence electrons. The first-order chi connectivity index (χ1) is 12.7. The fraction of sp³-hybridized carbons (Fsp3) is 0.375. The third kappa shape index (κ3) is 3.11. The number of hydrogen-bond acceptors (Lipinski definition) is 7. The molecular formula is C16H16N3NaO7S. The maximum absolute atomic E-state index is 12.7. The molecular weight excluding hydrogens is 401 g/mol. The Morgan fingerprint density at radius 1 is 1.32 bits per heavy atom. The number of aromatic nitrogens is 1. The summed E-state index contributed by atoms with van der Waals surface area (Å²) in [7, 11) is -3.43. The predicted molar refractivity (Wildman–Crippen MR) is 89.8 cm³/mol. The molecule has 2 amide bonds. The van der Waals surface area contributed by atoms with Gasteiger partial charge in [0.2, 0.25) is 10.4 Å². The molecule has 4 rings (SSSR count). The van der Waals surface area contributed by atoms with Crippen molar-refractivity contribution in [1.82, 2.24) is 14.5 Å². The van der Waals surface area contributed by atoms with Crippen LogP contribution in [0.5, 0.6) is 0 Å². The van der Waals surface area contributed by atoms with Gasteiger partial charge in [0.25, 0.3) is 0 Å². The first kappa shape index (κ1) is 21.1. The summed E-state index contributed by atoms with van der Waals surface area (Å²) in [4.78, 5) is 26.5. The van der Waals surface area contributed by atoms with Gasteiger partial charge < -0.3 is 18.8 Å². The van der Waals surface area contributed by atoms with Gasteiger partial charge in [-0.2, -0.15) is 9.35 Å². The number of aryl methyl sites for hydroxylation is 1. The molecule has 2 aliphatic heterocycles. The third-order valence-corrected chi connectivity index (χ3v) is 5.21. The van der Waals surface area contributed by atoms with Gasteiger partial charge in [0.1, 0.15) is 6.04 Å². The second kappa shape index (κ2) is 7.32. The van der Waals surface area contributed by atoms with Gasteiger partial charge in [-0.1, -0.05) is 18.2 Å². The Hall–Kier alpha value is -1.63. The van der Waals surface area contributed by atoms with E-state index in [1.807, 2.05) is 18.2 Å². The molecule has 0 unspecified atom stereocenters. The van der Waals surface area contributed by atoms with Crippen LogP contribution >= 0.6 is 0 Å². The van der Waals surface area contributed by atoms with Crippen molar-refractivity contribution in [3.8, 4) is 0 Å². The molecule has 0 aliphatic carbocycles. The minimum atomic E-state index is -5.17. The van der Waals surface area contributed by atoms with Gasteiger partial charge in [0.05, 0.1) is 18.8 Å². The quantitative estimate of drug-likeness (QED) is 0.243. The number of fused-ring (bicyclic) bond motifs is 6. The van der Waals surface area contributed by atoms with Crippen LogP contribution in [-0.2, 0) is 31.3 Å². The maximum atomic E-state index is 12.7. The summed E-state index contributed by atoms with van der Waals surface area (Å²) in [6.07, 6.45) is 0. The Bertz CT molecular complexity index is 1070. The van der Waals surface area contributed by atoms with E-state index in [4.69, 9.17) is 4.74 Å². The molecule has 3 heterocycles. The summed E-state index contributed by atoms with van der Waals surface area (Å²) in [5, 5.41) is 1.27. The van der Waals surface area contributed by atoms with Gasteiger partial charge in [0, 0.05) is 23.5 Å². The fourth-order valence-electron chi connectivity index (χ4n) is 3.95. The van der Waals surface area contributed by atoms with Crippen molar-refractivity contribution in [2.75, 3.05) is 13.2 Å². The van der Waals surface area contributed by atoms with Crippen LogP contribution < -0.4 is 29.6 Å². The molecule has 1 saturated heterocycles. The van der Waals surface area contributed by atoms with Crippen molar-refractivity contribution >= 4 is 33.3 Å². The first-order valence-electron chi connectivity index (χ1n) is 8.23. The number of hydroxylamine groups is 2. The fourth-order valence-corrected chi connectivity index (χ4v) is 4.31. The van der Waals surface area contributed by atoms with Crippen LogP contribution in [0.1, 0.15) is 30.3 Å². The molecule has 0 radical (unpaired) electrons. The van der Waals surface area contributed by atoms with Crippen molar-refractivity contribution in [2.24, 2.45) is 7.05 Å². The van der Waals surface area contributed by atoms with Gasteiger partial charge in [-0.15, -0.1) is 0 Å². The standard InChI is InChI=1S/C16H17N3O7S.Na/c1-3-25-15(20)14-12-9-6-4-5-7-10(9)17(2)13(12)11-8-18(14)16(21)19(11)26-27(22,23)24;/h4-7,11,14H,3,8H2,1-2H3,(H,22,23,24);/q;+1/p-1/t11-,14+;/m0./s1. The van der Waals surface area contributed by atoms with E-state index in [2.05, 4.69) is 4.28 Å². The van der Waals surface area contributed by atoms with Crippen LogP contribution in [0.3, 0.4) is 0 Å². The van der Waals surface area contributed by atoms with E-state index in [9.17, 15) is 22.6 Å².